The van der Waals surface area contributed by atoms with Gasteiger partial charge in [-0.1, -0.05) is 6.92 Å². The van der Waals surface area contributed by atoms with E-state index in [0.29, 0.717) is 18.8 Å². The fraction of sp³-hybridized carbons (Fsp3) is 0.471. The summed E-state index contributed by atoms with van der Waals surface area (Å²) >= 11 is 0. The Labute approximate surface area is 160 Å². The molecular formula is C17H22F2N4O5. The highest BCUT2D eigenvalue weighted by atomic mass is 19.3. The molecule has 9 nitrogen and oxygen atoms in total. The Morgan fingerprint density at radius 1 is 1.43 bits per heavy atom. The molecule has 0 spiro atoms. The predicted octanol–water partition coefficient (Wildman–Crippen LogP) is 0.395. The molecule has 1 heterocycles. The standard InChI is InChI=1S/C17H22F2N4O5/c1-3-22(2)14(15(20)25)16(26)21-11-5-4-10(8-12(11)28-17(18)19)23-6-7-27-9-13(23)24/h4-5,8,14,17H,3,6-7,9H2,1-2H3,(H2,20,25)(H,21,26)/t14-/m0/s1. The third-order valence-electron chi connectivity index (χ3n) is 4.19. The van der Waals surface area contributed by atoms with Gasteiger partial charge in [0, 0.05) is 18.3 Å². The summed E-state index contributed by atoms with van der Waals surface area (Å²) in [7, 11) is 1.53. The van der Waals surface area contributed by atoms with Crippen LogP contribution >= 0.6 is 0 Å². The van der Waals surface area contributed by atoms with Crippen LogP contribution in [0.5, 0.6) is 5.75 Å². The number of benzene rings is 1. The Morgan fingerprint density at radius 3 is 2.71 bits per heavy atom. The SMILES string of the molecule is CCN(C)[C@@H](C(N)=O)C(=O)Nc1ccc(N2CCOCC2=O)cc1OC(F)F. The number of primary amides is 1. The van der Waals surface area contributed by atoms with E-state index in [4.69, 9.17) is 10.5 Å². The van der Waals surface area contributed by atoms with E-state index >= 15 is 0 Å². The highest BCUT2D eigenvalue weighted by Gasteiger charge is 2.29. The number of halogens is 2. The lowest BCUT2D eigenvalue weighted by atomic mass is 10.2. The van der Waals surface area contributed by atoms with E-state index in [2.05, 4.69) is 10.1 Å². The van der Waals surface area contributed by atoms with Crippen molar-refractivity contribution in [1.29, 1.82) is 0 Å². The van der Waals surface area contributed by atoms with Crippen LogP contribution in [0.2, 0.25) is 0 Å². The number of nitrogens with two attached hydrogens (primary N) is 1. The second-order valence-corrected chi connectivity index (χ2v) is 6.02. The molecule has 0 unspecified atom stereocenters. The number of amides is 3. The summed E-state index contributed by atoms with van der Waals surface area (Å²) in [6.45, 7) is -0.630. The van der Waals surface area contributed by atoms with Crippen molar-refractivity contribution in [1.82, 2.24) is 4.90 Å². The van der Waals surface area contributed by atoms with Crippen molar-refractivity contribution in [2.45, 2.75) is 19.6 Å². The van der Waals surface area contributed by atoms with Crippen molar-refractivity contribution < 1.29 is 32.6 Å². The summed E-state index contributed by atoms with van der Waals surface area (Å²) in [6.07, 6.45) is 0. The van der Waals surface area contributed by atoms with Gasteiger partial charge in [-0.3, -0.25) is 19.3 Å². The monoisotopic (exact) mass is 400 g/mol. The number of anilines is 2. The highest BCUT2D eigenvalue weighted by molar-refractivity contribution is 6.10. The number of likely N-dealkylation sites (N-methyl/N-ethyl adjacent to an activating group) is 1. The molecule has 1 aliphatic rings. The minimum atomic E-state index is -3.16. The lowest BCUT2D eigenvalue weighted by Gasteiger charge is -2.28. The molecule has 1 atom stereocenters. The van der Waals surface area contributed by atoms with E-state index < -0.39 is 24.5 Å². The minimum absolute atomic E-state index is 0.0782. The number of morpholine rings is 1. The van der Waals surface area contributed by atoms with E-state index in [9.17, 15) is 23.2 Å². The van der Waals surface area contributed by atoms with Crippen molar-refractivity contribution in [3.8, 4) is 5.75 Å². The summed E-state index contributed by atoms with van der Waals surface area (Å²) in [5.41, 5.74) is 5.52. The quantitative estimate of drug-likeness (QED) is 0.611. The molecule has 3 amide bonds. The molecule has 154 valence electrons. The van der Waals surface area contributed by atoms with Crippen LogP contribution in [-0.4, -0.2) is 68.6 Å². The van der Waals surface area contributed by atoms with Crippen molar-refractivity contribution in [2.24, 2.45) is 5.73 Å². The van der Waals surface area contributed by atoms with Gasteiger partial charge in [0.15, 0.2) is 11.8 Å². The van der Waals surface area contributed by atoms with E-state index in [0.717, 1.165) is 0 Å². The minimum Gasteiger partial charge on any atom is -0.433 e. The number of alkyl halides is 2. The molecule has 0 bridgehead atoms. The molecule has 28 heavy (non-hydrogen) atoms. The average molecular weight is 400 g/mol. The van der Waals surface area contributed by atoms with E-state index in [1.165, 1.54) is 35.0 Å². The molecule has 0 radical (unpaired) electrons. The Hall–Kier alpha value is -2.79. The van der Waals surface area contributed by atoms with E-state index in [1.807, 2.05) is 0 Å². The van der Waals surface area contributed by atoms with Gasteiger partial charge in [-0.25, -0.2) is 0 Å². The zero-order valence-electron chi connectivity index (χ0n) is 15.5. The molecule has 3 N–H and O–H groups in total. The molecule has 11 heteroatoms. The van der Waals surface area contributed by atoms with Crippen LogP contribution in [0.15, 0.2) is 18.2 Å². The molecule has 2 rings (SSSR count). The highest BCUT2D eigenvalue weighted by Crippen LogP contribution is 2.32. The van der Waals surface area contributed by atoms with Crippen LogP contribution in [-0.2, 0) is 19.1 Å². The second kappa shape index (κ2) is 9.42. The van der Waals surface area contributed by atoms with Crippen LogP contribution in [0.4, 0.5) is 20.2 Å². The van der Waals surface area contributed by atoms with Crippen LogP contribution in [0.25, 0.3) is 0 Å². The fourth-order valence-electron chi connectivity index (χ4n) is 2.70. The Bertz CT molecular complexity index is 746. The Morgan fingerprint density at radius 2 is 2.14 bits per heavy atom. The predicted molar refractivity (Wildman–Crippen MR) is 96.2 cm³/mol. The molecule has 0 saturated carbocycles. The second-order valence-electron chi connectivity index (χ2n) is 6.02. The lowest BCUT2D eigenvalue weighted by Crippen LogP contribution is -2.50. The number of carbonyl (C=O) groups excluding carboxylic acids is 3. The number of carbonyl (C=O) groups is 3. The average Bonchev–Trinajstić information content (AvgIpc) is 2.62. The maximum atomic E-state index is 12.8. The number of hydrogen-bond donors (Lipinski definition) is 2. The topological polar surface area (TPSA) is 114 Å². The molecule has 1 fully saturated rings. The van der Waals surface area contributed by atoms with Crippen LogP contribution < -0.4 is 20.7 Å². The first-order valence-electron chi connectivity index (χ1n) is 8.52. The molecule has 1 aromatic carbocycles. The summed E-state index contributed by atoms with van der Waals surface area (Å²) < 4.78 is 35.2. The Balaban J connectivity index is 2.31. The van der Waals surface area contributed by atoms with E-state index in [-0.39, 0.29) is 30.5 Å². The zero-order chi connectivity index (χ0) is 20.8. The normalized spacial score (nSPS) is 15.6. The molecular weight excluding hydrogens is 378 g/mol. The van der Waals surface area contributed by atoms with Gasteiger partial charge in [-0.2, -0.15) is 8.78 Å². The number of rotatable bonds is 8. The summed E-state index contributed by atoms with van der Waals surface area (Å²) in [4.78, 5) is 38.8. The number of hydrogen-bond acceptors (Lipinski definition) is 6. The van der Waals surface area contributed by atoms with Crippen LogP contribution in [0.1, 0.15) is 6.92 Å². The van der Waals surface area contributed by atoms with Crippen molar-refractivity contribution >= 4 is 29.1 Å². The van der Waals surface area contributed by atoms with Gasteiger partial charge in [0.1, 0.15) is 6.61 Å². The first kappa shape index (κ1) is 21.5. The summed E-state index contributed by atoms with van der Waals surface area (Å²) in [5, 5.41) is 2.39. The molecule has 1 aliphatic heterocycles. The first-order valence-corrected chi connectivity index (χ1v) is 8.52. The maximum absolute atomic E-state index is 12.8. The molecule has 0 aromatic heterocycles. The van der Waals surface area contributed by atoms with Gasteiger partial charge in [0.2, 0.25) is 5.91 Å². The van der Waals surface area contributed by atoms with Gasteiger partial charge in [-0.15, -0.1) is 0 Å². The number of nitrogens with zero attached hydrogens (tertiary/aromatic N) is 2. The first-order chi connectivity index (χ1) is 13.2. The van der Waals surface area contributed by atoms with Gasteiger partial charge >= 0.3 is 6.61 Å². The van der Waals surface area contributed by atoms with Crippen LogP contribution in [0.3, 0.4) is 0 Å². The number of nitrogens with one attached hydrogen (secondary N) is 1. The fourth-order valence-corrected chi connectivity index (χ4v) is 2.70. The third kappa shape index (κ3) is 5.14. The number of ether oxygens (including phenoxy) is 2. The smallest absolute Gasteiger partial charge is 0.387 e. The largest absolute Gasteiger partial charge is 0.433 e. The van der Waals surface area contributed by atoms with Gasteiger partial charge < -0.3 is 25.4 Å². The summed E-state index contributed by atoms with van der Waals surface area (Å²) in [6, 6.07) is 2.72. The van der Waals surface area contributed by atoms with Crippen molar-refractivity contribution in [2.75, 3.05) is 43.6 Å². The lowest BCUT2D eigenvalue weighted by molar-refractivity contribution is -0.131. The molecule has 1 saturated heterocycles. The van der Waals surface area contributed by atoms with Gasteiger partial charge in [0.05, 0.1) is 12.3 Å². The molecule has 0 aliphatic carbocycles. The Kier molecular flexibility index (Phi) is 7.24. The molecule has 1 aromatic rings. The third-order valence-corrected chi connectivity index (χ3v) is 4.19. The van der Waals surface area contributed by atoms with Gasteiger partial charge in [0.25, 0.3) is 11.8 Å². The van der Waals surface area contributed by atoms with Crippen molar-refractivity contribution in [3.05, 3.63) is 18.2 Å². The van der Waals surface area contributed by atoms with Crippen LogP contribution in [0, 0.1) is 0 Å². The van der Waals surface area contributed by atoms with Gasteiger partial charge in [-0.05, 0) is 25.7 Å². The van der Waals surface area contributed by atoms with Crippen molar-refractivity contribution in [3.63, 3.8) is 0 Å². The van der Waals surface area contributed by atoms with E-state index in [1.54, 1.807) is 6.92 Å². The maximum Gasteiger partial charge on any atom is 0.387 e. The summed E-state index contributed by atoms with van der Waals surface area (Å²) in [5.74, 6) is -2.34. The zero-order valence-corrected chi connectivity index (χ0v) is 15.5.